The third kappa shape index (κ3) is 5.57. The Labute approximate surface area is 197 Å². The molecule has 0 aliphatic carbocycles. The number of hydrogen-bond acceptors (Lipinski definition) is 5. The van der Waals surface area contributed by atoms with Crippen molar-refractivity contribution in [3.63, 3.8) is 0 Å². The number of aromatic nitrogens is 3. The van der Waals surface area contributed by atoms with Crippen molar-refractivity contribution in [2.45, 2.75) is 13.1 Å². The third-order valence-corrected chi connectivity index (χ3v) is 5.08. The molecular weight excluding hydrogens is 463 g/mol. The minimum atomic E-state index is -4.51. The largest absolute Gasteiger partial charge is 0.484 e. The Bertz CT molecular complexity index is 1400. The van der Waals surface area contributed by atoms with Crippen LogP contribution < -0.4 is 15.4 Å². The summed E-state index contributed by atoms with van der Waals surface area (Å²) in [6.45, 7) is 1.44. The van der Waals surface area contributed by atoms with E-state index in [4.69, 9.17) is 4.74 Å². The minimum Gasteiger partial charge on any atom is -0.484 e. The Kier molecular flexibility index (Phi) is 6.41. The molecule has 0 spiro atoms. The Morgan fingerprint density at radius 1 is 1.03 bits per heavy atom. The quantitative estimate of drug-likeness (QED) is 0.419. The van der Waals surface area contributed by atoms with Crippen LogP contribution in [0.3, 0.4) is 0 Å². The van der Waals surface area contributed by atoms with Gasteiger partial charge < -0.3 is 15.4 Å². The average molecular weight is 483 g/mol. The maximum absolute atomic E-state index is 12.8. The van der Waals surface area contributed by atoms with Gasteiger partial charge in [-0.2, -0.15) is 18.3 Å². The van der Waals surface area contributed by atoms with Crippen LogP contribution in [0.25, 0.3) is 11.0 Å². The van der Waals surface area contributed by atoms with E-state index in [1.54, 1.807) is 24.0 Å². The smallest absolute Gasteiger partial charge is 0.416 e. The number of aryl methyl sites for hydroxylation is 2. The van der Waals surface area contributed by atoms with Crippen molar-refractivity contribution in [1.82, 2.24) is 14.8 Å². The maximum atomic E-state index is 12.8. The first-order valence-corrected chi connectivity index (χ1v) is 10.4. The van der Waals surface area contributed by atoms with E-state index in [-0.39, 0.29) is 11.6 Å². The summed E-state index contributed by atoms with van der Waals surface area (Å²) in [6.07, 6.45) is -2.96. The molecule has 2 amide bonds. The van der Waals surface area contributed by atoms with Gasteiger partial charge in [0.15, 0.2) is 12.3 Å². The molecule has 180 valence electrons. The molecule has 0 aliphatic rings. The predicted octanol–water partition coefficient (Wildman–Crippen LogP) is 4.57. The van der Waals surface area contributed by atoms with Crippen LogP contribution in [0.4, 0.5) is 24.5 Å². The van der Waals surface area contributed by atoms with Crippen LogP contribution >= 0.6 is 0 Å². The molecule has 0 fully saturated rings. The van der Waals surface area contributed by atoms with E-state index in [0.717, 1.165) is 23.2 Å². The Hall–Kier alpha value is -4.41. The zero-order valence-corrected chi connectivity index (χ0v) is 18.7. The number of fused-ring (bicyclic) bond motifs is 1. The number of rotatable bonds is 6. The molecule has 0 unspecified atom stereocenters. The molecule has 35 heavy (non-hydrogen) atoms. The normalized spacial score (nSPS) is 11.3. The van der Waals surface area contributed by atoms with Gasteiger partial charge in [-0.25, -0.2) is 4.98 Å². The third-order valence-electron chi connectivity index (χ3n) is 5.08. The SMILES string of the molecule is Cc1nn(C)c2ncc(NC(=O)c3ccc(OCC(=O)Nc4cccc(C(F)(F)F)c4)cc3)cc12. The van der Waals surface area contributed by atoms with Gasteiger partial charge in [0.25, 0.3) is 11.8 Å². The zero-order chi connectivity index (χ0) is 25.2. The van der Waals surface area contributed by atoms with Crippen molar-refractivity contribution in [3.8, 4) is 5.75 Å². The second-order valence-electron chi connectivity index (χ2n) is 7.70. The first kappa shape index (κ1) is 23.7. The number of ether oxygens (including phenoxy) is 1. The molecule has 0 aliphatic heterocycles. The van der Waals surface area contributed by atoms with E-state index in [0.29, 0.717) is 22.6 Å². The fourth-order valence-electron chi connectivity index (χ4n) is 3.40. The highest BCUT2D eigenvalue weighted by Crippen LogP contribution is 2.30. The lowest BCUT2D eigenvalue weighted by Gasteiger charge is -2.11. The zero-order valence-electron chi connectivity index (χ0n) is 18.7. The van der Waals surface area contributed by atoms with Gasteiger partial charge in [-0.15, -0.1) is 0 Å². The van der Waals surface area contributed by atoms with E-state index in [1.165, 1.54) is 36.4 Å². The van der Waals surface area contributed by atoms with Crippen molar-refractivity contribution in [2.75, 3.05) is 17.2 Å². The van der Waals surface area contributed by atoms with Crippen LogP contribution in [0.15, 0.2) is 60.8 Å². The van der Waals surface area contributed by atoms with Crippen molar-refractivity contribution in [3.05, 3.63) is 77.6 Å². The Morgan fingerprint density at radius 2 is 1.77 bits per heavy atom. The van der Waals surface area contributed by atoms with Crippen LogP contribution in [0.5, 0.6) is 5.75 Å². The molecule has 8 nitrogen and oxygen atoms in total. The van der Waals surface area contributed by atoms with E-state index in [2.05, 4.69) is 20.7 Å². The summed E-state index contributed by atoms with van der Waals surface area (Å²) in [4.78, 5) is 28.9. The van der Waals surface area contributed by atoms with Crippen molar-refractivity contribution < 1.29 is 27.5 Å². The van der Waals surface area contributed by atoms with Gasteiger partial charge in [0, 0.05) is 23.7 Å². The lowest BCUT2D eigenvalue weighted by molar-refractivity contribution is -0.137. The predicted molar refractivity (Wildman–Crippen MR) is 123 cm³/mol. The lowest BCUT2D eigenvalue weighted by atomic mass is 10.2. The van der Waals surface area contributed by atoms with Gasteiger partial charge in [-0.3, -0.25) is 14.3 Å². The van der Waals surface area contributed by atoms with Gasteiger partial charge in [0.05, 0.1) is 23.1 Å². The monoisotopic (exact) mass is 483 g/mol. The van der Waals surface area contributed by atoms with E-state index in [9.17, 15) is 22.8 Å². The standard InChI is InChI=1S/C24H20F3N5O3/c1-14-20-11-18(12-28-22(20)32(2)31-14)30-23(34)15-6-8-19(9-7-15)35-13-21(33)29-17-5-3-4-16(10-17)24(25,26)27/h3-12H,13H2,1-2H3,(H,29,33)(H,30,34). The van der Waals surface area contributed by atoms with Crippen molar-refractivity contribution in [1.29, 1.82) is 0 Å². The minimum absolute atomic E-state index is 0.00889. The summed E-state index contributed by atoms with van der Waals surface area (Å²) < 4.78 is 45.4. The highest BCUT2D eigenvalue weighted by Gasteiger charge is 2.30. The summed E-state index contributed by atoms with van der Waals surface area (Å²) >= 11 is 0. The van der Waals surface area contributed by atoms with Crippen LogP contribution in [0.2, 0.25) is 0 Å². The number of halogens is 3. The number of carbonyl (C=O) groups is 2. The molecule has 0 saturated carbocycles. The number of pyridine rings is 1. The molecule has 2 aromatic carbocycles. The molecule has 2 N–H and O–H groups in total. The molecule has 4 aromatic rings. The second-order valence-corrected chi connectivity index (χ2v) is 7.70. The molecule has 0 radical (unpaired) electrons. The van der Waals surface area contributed by atoms with Gasteiger partial charge in [-0.05, 0) is 55.5 Å². The summed E-state index contributed by atoms with van der Waals surface area (Å²) in [5.74, 6) is -0.670. The number of hydrogen-bond donors (Lipinski definition) is 2. The summed E-state index contributed by atoms with van der Waals surface area (Å²) in [5.41, 5.74) is 1.52. The van der Waals surface area contributed by atoms with E-state index in [1.807, 2.05) is 6.92 Å². The Balaban J connectivity index is 1.33. The van der Waals surface area contributed by atoms with Gasteiger partial charge >= 0.3 is 6.18 Å². The topological polar surface area (TPSA) is 98.1 Å². The van der Waals surface area contributed by atoms with E-state index < -0.39 is 24.3 Å². The lowest BCUT2D eigenvalue weighted by Crippen LogP contribution is -2.20. The molecular formula is C24H20F3N5O3. The van der Waals surface area contributed by atoms with Crippen molar-refractivity contribution >= 4 is 34.2 Å². The summed E-state index contributed by atoms with van der Waals surface area (Å²) in [7, 11) is 1.79. The van der Waals surface area contributed by atoms with Crippen LogP contribution in [0.1, 0.15) is 21.6 Å². The molecule has 0 atom stereocenters. The molecule has 2 aromatic heterocycles. The number of amides is 2. The number of anilines is 2. The van der Waals surface area contributed by atoms with Crippen LogP contribution in [0, 0.1) is 6.92 Å². The maximum Gasteiger partial charge on any atom is 0.416 e. The fraction of sp³-hybridized carbons (Fsp3) is 0.167. The molecule has 2 heterocycles. The highest BCUT2D eigenvalue weighted by molar-refractivity contribution is 6.05. The summed E-state index contributed by atoms with van der Waals surface area (Å²) in [5, 5.41) is 10.3. The first-order chi connectivity index (χ1) is 16.6. The molecule has 11 heteroatoms. The van der Waals surface area contributed by atoms with Gasteiger partial charge in [-0.1, -0.05) is 6.07 Å². The fourth-order valence-corrected chi connectivity index (χ4v) is 3.40. The molecule has 0 bridgehead atoms. The van der Waals surface area contributed by atoms with E-state index >= 15 is 0 Å². The first-order valence-electron chi connectivity index (χ1n) is 10.4. The number of carbonyl (C=O) groups excluding carboxylic acids is 2. The number of nitrogens with one attached hydrogen (secondary N) is 2. The second kappa shape index (κ2) is 9.45. The highest BCUT2D eigenvalue weighted by atomic mass is 19.4. The van der Waals surface area contributed by atoms with Gasteiger partial charge in [0.1, 0.15) is 5.75 Å². The van der Waals surface area contributed by atoms with Crippen LogP contribution in [-0.4, -0.2) is 33.2 Å². The average Bonchev–Trinajstić information content (AvgIpc) is 3.10. The van der Waals surface area contributed by atoms with Crippen molar-refractivity contribution in [2.24, 2.45) is 7.05 Å². The molecule has 0 saturated heterocycles. The number of alkyl halides is 3. The van der Waals surface area contributed by atoms with Gasteiger partial charge in [0.2, 0.25) is 0 Å². The Morgan fingerprint density at radius 3 is 2.49 bits per heavy atom. The number of benzene rings is 2. The number of nitrogens with zero attached hydrogens (tertiary/aromatic N) is 3. The summed E-state index contributed by atoms with van der Waals surface area (Å²) in [6, 6.07) is 12.2. The van der Waals surface area contributed by atoms with Crippen LogP contribution in [-0.2, 0) is 18.0 Å². The molecule has 4 rings (SSSR count).